The van der Waals surface area contributed by atoms with Crippen molar-refractivity contribution in [3.8, 4) is 22.9 Å². The molecule has 0 bridgehead atoms. The molecule has 20 heavy (non-hydrogen) atoms. The molecule has 0 fully saturated rings. The first-order valence-electron chi connectivity index (χ1n) is 5.64. The van der Waals surface area contributed by atoms with Gasteiger partial charge in [-0.25, -0.2) is 9.78 Å². The minimum Gasteiger partial charge on any atom is -0.496 e. The Labute approximate surface area is 115 Å². The average Bonchev–Trinajstić information content (AvgIpc) is 2.46. The van der Waals surface area contributed by atoms with Crippen LogP contribution in [0.5, 0.6) is 5.75 Å². The number of methoxy groups -OCH3 is 1. The maximum atomic E-state index is 11.3. The van der Waals surface area contributed by atoms with E-state index in [1.54, 1.807) is 18.2 Å². The number of carboxylic acid groups (broad SMARTS) is 1. The summed E-state index contributed by atoms with van der Waals surface area (Å²) in [4.78, 5) is 15.0. The molecule has 2 aromatic rings. The highest BCUT2D eigenvalue weighted by Gasteiger charge is 2.16. The summed E-state index contributed by atoms with van der Waals surface area (Å²) in [6.07, 6.45) is 1.19. The Morgan fingerprint density at radius 3 is 2.75 bits per heavy atom. The minimum absolute atomic E-state index is 0.00686. The van der Waals surface area contributed by atoms with Crippen LogP contribution in [0, 0.1) is 11.3 Å². The molecule has 0 aliphatic rings. The fourth-order valence-electron chi connectivity index (χ4n) is 1.85. The molecule has 0 aliphatic heterocycles. The number of hydrogen-bond donors (Lipinski definition) is 2. The van der Waals surface area contributed by atoms with Gasteiger partial charge in [-0.3, -0.25) is 0 Å². The smallest absolute Gasteiger partial charge is 0.337 e. The van der Waals surface area contributed by atoms with E-state index >= 15 is 0 Å². The standard InChI is InChI=1S/C14H11N3O3/c1-20-12-3-2-8(6-15)4-10(12)9-5-13(16)17-7-11(9)14(18)19/h2-5,7H,1H3,(H2,16,17)(H,18,19). The lowest BCUT2D eigenvalue weighted by atomic mass is 9.98. The summed E-state index contributed by atoms with van der Waals surface area (Å²) in [5, 5.41) is 18.2. The molecule has 0 aliphatic carbocycles. The van der Waals surface area contributed by atoms with Gasteiger partial charge in [0.1, 0.15) is 11.6 Å². The van der Waals surface area contributed by atoms with Crippen molar-refractivity contribution in [3.63, 3.8) is 0 Å². The lowest BCUT2D eigenvalue weighted by Gasteiger charge is -2.11. The molecule has 0 spiro atoms. The average molecular weight is 269 g/mol. The second kappa shape index (κ2) is 5.28. The van der Waals surface area contributed by atoms with E-state index in [0.717, 1.165) is 0 Å². The molecule has 0 radical (unpaired) electrons. The number of aromatic nitrogens is 1. The number of nitrogens with two attached hydrogens (primary N) is 1. The topological polar surface area (TPSA) is 109 Å². The highest BCUT2D eigenvalue weighted by atomic mass is 16.5. The number of carbonyl (C=O) groups is 1. The number of nitriles is 1. The predicted molar refractivity (Wildman–Crippen MR) is 72.3 cm³/mol. The first-order chi connectivity index (χ1) is 9.56. The number of benzene rings is 1. The van der Waals surface area contributed by atoms with Crippen LogP contribution in [0.1, 0.15) is 15.9 Å². The molecule has 0 saturated carbocycles. The SMILES string of the molecule is COc1ccc(C#N)cc1-c1cc(N)ncc1C(=O)O. The zero-order valence-corrected chi connectivity index (χ0v) is 10.6. The summed E-state index contributed by atoms with van der Waals surface area (Å²) in [6, 6.07) is 8.20. The molecule has 1 aromatic carbocycles. The van der Waals surface area contributed by atoms with E-state index in [9.17, 15) is 9.90 Å². The number of aromatic carboxylic acids is 1. The second-order valence-corrected chi connectivity index (χ2v) is 3.99. The fourth-order valence-corrected chi connectivity index (χ4v) is 1.85. The highest BCUT2D eigenvalue weighted by molar-refractivity contribution is 5.97. The van der Waals surface area contributed by atoms with Crippen molar-refractivity contribution in [2.75, 3.05) is 12.8 Å². The highest BCUT2D eigenvalue weighted by Crippen LogP contribution is 2.33. The number of pyridine rings is 1. The Morgan fingerprint density at radius 2 is 2.15 bits per heavy atom. The molecule has 1 heterocycles. The number of ether oxygens (including phenoxy) is 1. The van der Waals surface area contributed by atoms with Gasteiger partial charge in [0, 0.05) is 17.3 Å². The summed E-state index contributed by atoms with van der Waals surface area (Å²) in [5.41, 5.74) is 6.85. The van der Waals surface area contributed by atoms with Crippen LogP contribution in [0.3, 0.4) is 0 Å². The number of rotatable bonds is 3. The number of anilines is 1. The maximum Gasteiger partial charge on any atom is 0.337 e. The third kappa shape index (κ3) is 2.37. The molecule has 6 nitrogen and oxygen atoms in total. The molecule has 0 atom stereocenters. The van der Waals surface area contributed by atoms with E-state index in [4.69, 9.17) is 15.7 Å². The third-order valence-electron chi connectivity index (χ3n) is 2.77. The molecular weight excluding hydrogens is 258 g/mol. The van der Waals surface area contributed by atoms with Crippen LogP contribution in [-0.2, 0) is 0 Å². The quantitative estimate of drug-likeness (QED) is 0.880. The van der Waals surface area contributed by atoms with Crippen LogP contribution < -0.4 is 10.5 Å². The summed E-state index contributed by atoms with van der Waals surface area (Å²) in [6.45, 7) is 0. The zero-order chi connectivity index (χ0) is 14.7. The van der Waals surface area contributed by atoms with E-state index in [1.807, 2.05) is 6.07 Å². The van der Waals surface area contributed by atoms with Crippen LogP contribution in [0.15, 0.2) is 30.5 Å². The van der Waals surface area contributed by atoms with Crippen molar-refractivity contribution in [3.05, 3.63) is 41.6 Å². The van der Waals surface area contributed by atoms with Gasteiger partial charge < -0.3 is 15.6 Å². The molecule has 0 amide bonds. The molecule has 3 N–H and O–H groups in total. The Hall–Kier alpha value is -3.07. The van der Waals surface area contributed by atoms with Crippen molar-refractivity contribution in [2.24, 2.45) is 0 Å². The van der Waals surface area contributed by atoms with Crippen molar-refractivity contribution >= 4 is 11.8 Å². The van der Waals surface area contributed by atoms with Gasteiger partial charge in [-0.05, 0) is 24.3 Å². The molecule has 2 rings (SSSR count). The van der Waals surface area contributed by atoms with Gasteiger partial charge in [-0.2, -0.15) is 5.26 Å². The molecule has 100 valence electrons. The number of nitrogens with zero attached hydrogens (tertiary/aromatic N) is 2. The van der Waals surface area contributed by atoms with Crippen LogP contribution in [0.25, 0.3) is 11.1 Å². The Kier molecular flexibility index (Phi) is 3.53. The lowest BCUT2D eigenvalue weighted by molar-refractivity contribution is 0.0697. The van der Waals surface area contributed by atoms with Gasteiger partial charge in [-0.1, -0.05) is 0 Å². The van der Waals surface area contributed by atoms with Gasteiger partial charge in [0.2, 0.25) is 0 Å². The normalized spacial score (nSPS) is 9.80. The molecular formula is C14H11N3O3. The van der Waals surface area contributed by atoms with E-state index in [2.05, 4.69) is 4.98 Å². The van der Waals surface area contributed by atoms with Crippen molar-refractivity contribution in [1.29, 1.82) is 5.26 Å². The molecule has 1 aromatic heterocycles. The van der Waals surface area contributed by atoms with Crippen LogP contribution in [0.2, 0.25) is 0 Å². The van der Waals surface area contributed by atoms with Gasteiger partial charge in [-0.15, -0.1) is 0 Å². The first kappa shape index (κ1) is 13.4. The van der Waals surface area contributed by atoms with Gasteiger partial charge in [0.15, 0.2) is 0 Å². The van der Waals surface area contributed by atoms with E-state index in [1.165, 1.54) is 19.4 Å². The summed E-state index contributed by atoms with van der Waals surface area (Å²) < 4.78 is 5.21. The Bertz CT molecular complexity index is 720. The van der Waals surface area contributed by atoms with Crippen molar-refractivity contribution in [1.82, 2.24) is 4.98 Å². The Morgan fingerprint density at radius 1 is 1.40 bits per heavy atom. The van der Waals surface area contributed by atoms with Crippen molar-refractivity contribution in [2.45, 2.75) is 0 Å². The van der Waals surface area contributed by atoms with E-state index in [-0.39, 0.29) is 11.4 Å². The fraction of sp³-hybridized carbons (Fsp3) is 0.0714. The minimum atomic E-state index is -1.13. The van der Waals surface area contributed by atoms with Gasteiger partial charge in [0.05, 0.1) is 24.3 Å². The number of carboxylic acids is 1. The summed E-state index contributed by atoms with van der Waals surface area (Å²) in [5.74, 6) is -0.483. The largest absolute Gasteiger partial charge is 0.496 e. The second-order valence-electron chi connectivity index (χ2n) is 3.99. The first-order valence-corrected chi connectivity index (χ1v) is 5.64. The molecule has 0 unspecified atom stereocenters. The van der Waals surface area contributed by atoms with Crippen LogP contribution in [-0.4, -0.2) is 23.2 Å². The number of nitrogen functional groups attached to an aromatic ring is 1. The van der Waals surface area contributed by atoms with E-state index in [0.29, 0.717) is 22.4 Å². The van der Waals surface area contributed by atoms with Crippen LogP contribution >= 0.6 is 0 Å². The van der Waals surface area contributed by atoms with E-state index < -0.39 is 5.97 Å². The third-order valence-corrected chi connectivity index (χ3v) is 2.77. The monoisotopic (exact) mass is 269 g/mol. The van der Waals surface area contributed by atoms with Crippen LogP contribution in [0.4, 0.5) is 5.82 Å². The van der Waals surface area contributed by atoms with Gasteiger partial charge in [0.25, 0.3) is 0 Å². The molecule has 0 saturated heterocycles. The summed E-state index contributed by atoms with van der Waals surface area (Å²) in [7, 11) is 1.47. The molecule has 6 heteroatoms. The Balaban J connectivity index is 2.76. The predicted octanol–water partition coefficient (Wildman–Crippen LogP) is 1.91. The number of hydrogen-bond acceptors (Lipinski definition) is 5. The summed E-state index contributed by atoms with van der Waals surface area (Å²) >= 11 is 0. The van der Waals surface area contributed by atoms with Gasteiger partial charge >= 0.3 is 5.97 Å². The zero-order valence-electron chi connectivity index (χ0n) is 10.6. The van der Waals surface area contributed by atoms with Crippen molar-refractivity contribution < 1.29 is 14.6 Å². The lowest BCUT2D eigenvalue weighted by Crippen LogP contribution is -2.03. The maximum absolute atomic E-state index is 11.3.